The first kappa shape index (κ1) is 17.5. The van der Waals surface area contributed by atoms with Gasteiger partial charge in [-0.2, -0.15) is 0 Å². The van der Waals surface area contributed by atoms with Gasteiger partial charge in [-0.05, 0) is 65.2 Å². The monoisotopic (exact) mass is 312 g/mol. The van der Waals surface area contributed by atoms with Crippen molar-refractivity contribution >= 4 is 6.09 Å². The Labute approximate surface area is 134 Å². The highest BCUT2D eigenvalue weighted by Gasteiger charge is 2.32. The summed E-state index contributed by atoms with van der Waals surface area (Å²) in [6.07, 6.45) is 6.89. The normalized spacial score (nSPS) is 27.2. The average Bonchev–Trinajstić information content (AvgIpc) is 3.08. The van der Waals surface area contributed by atoms with E-state index < -0.39 is 5.60 Å². The Balaban J connectivity index is 1.66. The van der Waals surface area contributed by atoms with E-state index in [2.05, 4.69) is 0 Å². The fraction of sp³-hybridized carbons (Fsp3) is 0.941. The van der Waals surface area contributed by atoms with Crippen molar-refractivity contribution in [1.82, 2.24) is 4.90 Å². The Morgan fingerprint density at radius 2 is 2.18 bits per heavy atom. The standard InChI is InChI=1S/C17H32N2O3/c1-17(2,3)22-16(20)19-10-9-13(12-19)15(18)8-4-6-14-7-5-11-21-14/h13-15H,4-12,18H2,1-3H3. The summed E-state index contributed by atoms with van der Waals surface area (Å²) >= 11 is 0. The summed E-state index contributed by atoms with van der Waals surface area (Å²) in [5.41, 5.74) is 5.90. The van der Waals surface area contributed by atoms with Gasteiger partial charge in [-0.25, -0.2) is 4.79 Å². The lowest BCUT2D eigenvalue weighted by molar-refractivity contribution is 0.0286. The van der Waals surface area contributed by atoms with E-state index in [1.54, 1.807) is 4.90 Å². The molecule has 0 aromatic heterocycles. The molecular formula is C17H32N2O3. The molecule has 0 spiro atoms. The summed E-state index contributed by atoms with van der Waals surface area (Å²) in [6.45, 7) is 8.11. The Bertz CT molecular complexity index is 361. The highest BCUT2D eigenvalue weighted by molar-refractivity contribution is 5.68. The van der Waals surface area contributed by atoms with Gasteiger partial charge in [0.05, 0.1) is 6.10 Å². The Morgan fingerprint density at radius 1 is 1.41 bits per heavy atom. The Morgan fingerprint density at radius 3 is 2.82 bits per heavy atom. The fourth-order valence-corrected chi connectivity index (χ4v) is 3.32. The van der Waals surface area contributed by atoms with Crippen LogP contribution in [-0.2, 0) is 9.47 Å². The van der Waals surface area contributed by atoms with E-state index in [0.717, 1.165) is 45.4 Å². The third kappa shape index (κ3) is 5.43. The van der Waals surface area contributed by atoms with E-state index in [9.17, 15) is 4.79 Å². The molecule has 3 unspecified atom stereocenters. The summed E-state index contributed by atoms with van der Waals surface area (Å²) in [7, 11) is 0. The van der Waals surface area contributed by atoms with Crippen molar-refractivity contribution in [2.45, 2.75) is 77.0 Å². The van der Waals surface area contributed by atoms with Crippen LogP contribution < -0.4 is 5.73 Å². The van der Waals surface area contributed by atoms with Crippen LogP contribution in [0.2, 0.25) is 0 Å². The second kappa shape index (κ2) is 7.64. The van der Waals surface area contributed by atoms with Gasteiger partial charge < -0.3 is 20.1 Å². The minimum Gasteiger partial charge on any atom is -0.444 e. The maximum absolute atomic E-state index is 12.1. The molecule has 2 heterocycles. The Hall–Kier alpha value is -0.810. The van der Waals surface area contributed by atoms with Crippen molar-refractivity contribution in [3.63, 3.8) is 0 Å². The molecule has 2 rings (SSSR count). The van der Waals surface area contributed by atoms with Crippen LogP contribution in [-0.4, -0.2) is 48.4 Å². The minimum absolute atomic E-state index is 0.175. The number of amides is 1. The predicted octanol–water partition coefficient (Wildman–Crippen LogP) is 2.92. The van der Waals surface area contributed by atoms with Crippen molar-refractivity contribution in [2.24, 2.45) is 11.7 Å². The van der Waals surface area contributed by atoms with Crippen LogP contribution in [0.4, 0.5) is 4.79 Å². The third-order valence-corrected chi connectivity index (χ3v) is 4.57. The smallest absolute Gasteiger partial charge is 0.410 e. The van der Waals surface area contributed by atoms with E-state index in [4.69, 9.17) is 15.2 Å². The lowest BCUT2D eigenvalue weighted by Crippen LogP contribution is -2.37. The fourth-order valence-electron chi connectivity index (χ4n) is 3.32. The lowest BCUT2D eigenvalue weighted by atomic mass is 9.94. The number of carbonyl (C=O) groups is 1. The number of rotatable bonds is 5. The molecule has 0 aliphatic carbocycles. The zero-order valence-electron chi connectivity index (χ0n) is 14.3. The number of carbonyl (C=O) groups excluding carboxylic acids is 1. The molecule has 0 saturated carbocycles. The molecule has 0 radical (unpaired) electrons. The number of hydrogen-bond donors (Lipinski definition) is 1. The second-order valence-electron chi connectivity index (χ2n) is 7.70. The molecule has 0 aromatic rings. The average molecular weight is 312 g/mol. The third-order valence-electron chi connectivity index (χ3n) is 4.57. The van der Waals surface area contributed by atoms with Crippen LogP contribution in [0.5, 0.6) is 0 Å². The topological polar surface area (TPSA) is 64.8 Å². The number of likely N-dealkylation sites (tertiary alicyclic amines) is 1. The van der Waals surface area contributed by atoms with Crippen molar-refractivity contribution in [1.29, 1.82) is 0 Å². The summed E-state index contributed by atoms with van der Waals surface area (Å²) < 4.78 is 11.1. The largest absolute Gasteiger partial charge is 0.444 e. The molecule has 2 saturated heterocycles. The van der Waals surface area contributed by atoms with Crippen LogP contribution in [0.25, 0.3) is 0 Å². The van der Waals surface area contributed by atoms with Gasteiger partial charge in [0, 0.05) is 25.7 Å². The van der Waals surface area contributed by atoms with E-state index in [-0.39, 0.29) is 12.1 Å². The molecule has 5 heteroatoms. The maximum atomic E-state index is 12.1. The summed E-state index contributed by atoms with van der Waals surface area (Å²) in [5.74, 6) is 0.400. The van der Waals surface area contributed by atoms with Gasteiger partial charge in [0.2, 0.25) is 0 Å². The van der Waals surface area contributed by atoms with E-state index in [0.29, 0.717) is 12.0 Å². The van der Waals surface area contributed by atoms with Crippen molar-refractivity contribution < 1.29 is 14.3 Å². The summed E-state index contributed by atoms with van der Waals surface area (Å²) in [4.78, 5) is 13.9. The minimum atomic E-state index is -0.432. The van der Waals surface area contributed by atoms with Gasteiger partial charge in [0.15, 0.2) is 0 Å². The quantitative estimate of drug-likeness (QED) is 0.847. The molecule has 0 aromatic carbocycles. The number of hydrogen-bond acceptors (Lipinski definition) is 4. The first-order valence-electron chi connectivity index (χ1n) is 8.70. The van der Waals surface area contributed by atoms with Crippen LogP contribution in [0.3, 0.4) is 0 Å². The molecule has 0 bridgehead atoms. The molecule has 2 N–H and O–H groups in total. The molecule has 128 valence electrons. The van der Waals surface area contributed by atoms with Crippen LogP contribution >= 0.6 is 0 Å². The zero-order valence-corrected chi connectivity index (χ0v) is 14.3. The van der Waals surface area contributed by atoms with Crippen LogP contribution in [0.15, 0.2) is 0 Å². The molecule has 1 amide bonds. The van der Waals surface area contributed by atoms with E-state index in [1.165, 1.54) is 12.8 Å². The molecule has 3 atom stereocenters. The molecule has 2 aliphatic heterocycles. The highest BCUT2D eigenvalue weighted by atomic mass is 16.6. The molecular weight excluding hydrogens is 280 g/mol. The molecule has 22 heavy (non-hydrogen) atoms. The van der Waals surface area contributed by atoms with Gasteiger partial charge in [0.25, 0.3) is 0 Å². The number of nitrogens with two attached hydrogens (primary N) is 1. The number of ether oxygens (including phenoxy) is 2. The highest BCUT2D eigenvalue weighted by Crippen LogP contribution is 2.25. The Kier molecular flexibility index (Phi) is 6.09. The first-order valence-corrected chi connectivity index (χ1v) is 8.70. The molecule has 2 fully saturated rings. The van der Waals surface area contributed by atoms with E-state index >= 15 is 0 Å². The summed E-state index contributed by atoms with van der Waals surface area (Å²) in [6, 6.07) is 0.175. The second-order valence-corrected chi connectivity index (χ2v) is 7.70. The first-order chi connectivity index (χ1) is 10.3. The van der Waals surface area contributed by atoms with Crippen LogP contribution in [0, 0.1) is 5.92 Å². The van der Waals surface area contributed by atoms with Gasteiger partial charge in [-0.3, -0.25) is 0 Å². The number of nitrogens with zero attached hydrogens (tertiary/aromatic N) is 1. The summed E-state index contributed by atoms with van der Waals surface area (Å²) in [5, 5.41) is 0. The van der Waals surface area contributed by atoms with Crippen molar-refractivity contribution in [3.05, 3.63) is 0 Å². The maximum Gasteiger partial charge on any atom is 0.410 e. The van der Waals surface area contributed by atoms with Gasteiger partial charge in [-0.1, -0.05) is 0 Å². The lowest BCUT2D eigenvalue weighted by Gasteiger charge is -2.25. The van der Waals surface area contributed by atoms with Gasteiger partial charge >= 0.3 is 6.09 Å². The van der Waals surface area contributed by atoms with Gasteiger partial charge in [0.1, 0.15) is 5.60 Å². The molecule has 5 nitrogen and oxygen atoms in total. The predicted molar refractivity (Wildman–Crippen MR) is 86.7 cm³/mol. The zero-order chi connectivity index (χ0) is 16.2. The van der Waals surface area contributed by atoms with Gasteiger partial charge in [-0.15, -0.1) is 0 Å². The van der Waals surface area contributed by atoms with E-state index in [1.807, 2.05) is 20.8 Å². The van der Waals surface area contributed by atoms with Crippen molar-refractivity contribution in [3.8, 4) is 0 Å². The van der Waals surface area contributed by atoms with Crippen LogP contribution in [0.1, 0.15) is 59.3 Å². The SMILES string of the molecule is CC(C)(C)OC(=O)N1CCC(C(N)CCCC2CCCO2)C1. The van der Waals surface area contributed by atoms with Crippen molar-refractivity contribution in [2.75, 3.05) is 19.7 Å². The molecule has 2 aliphatic rings.